The largest absolute Gasteiger partial charge is 0.653 e. The number of methoxy groups -OCH3 is 1. The number of nitrogens with zero attached hydrogens (tertiary/aromatic N) is 2. The number of esters is 2. The standard InChI is InChI=1S/C39H39N4O9S/c1-16-9-19-10-20-12-40-29(26(19)31(46)32(16)48-4)30-36-28-27(35-34(50-15-51-35)17(2)33(28)52-18(3)44)25(43(20)30)13-49-38(47)39(14-53-36)37-22(7-8-41-39)23-11-21(45)5-6-24(23)42-37/h5-6,9,11,20,25,29-30,36,41-42,45-46H,7-8,10,12-15H2,1-4H3/q-1/t20?,25-,29+,30?,36+,39+/m0/s1. The third kappa shape index (κ3) is 4.49. The number of phenols is 2. The molecule has 12 rings (SSSR count). The van der Waals surface area contributed by atoms with Crippen molar-refractivity contribution in [2.24, 2.45) is 0 Å². The van der Waals surface area contributed by atoms with Crippen LogP contribution in [0.3, 0.4) is 0 Å². The second-order valence-electron chi connectivity index (χ2n) is 14.8. The fourth-order valence-electron chi connectivity index (χ4n) is 10.0. The number of fused-ring (bicyclic) bond motifs is 8. The highest BCUT2D eigenvalue weighted by Gasteiger charge is 2.56. The highest BCUT2D eigenvalue weighted by atomic mass is 32.2. The van der Waals surface area contributed by atoms with Crippen molar-refractivity contribution in [1.82, 2.24) is 15.2 Å². The molecule has 2 fully saturated rings. The molecule has 3 aromatic carbocycles. The Labute approximate surface area is 309 Å². The summed E-state index contributed by atoms with van der Waals surface area (Å²) in [6, 6.07) is 5.82. The lowest BCUT2D eigenvalue weighted by Crippen LogP contribution is -2.61. The summed E-state index contributed by atoms with van der Waals surface area (Å²) in [4.78, 5) is 33.6. The lowest BCUT2D eigenvalue weighted by molar-refractivity contribution is -0.155. The molecule has 4 bridgehead atoms. The number of carbonyl (C=O) groups is 2. The van der Waals surface area contributed by atoms with Gasteiger partial charge in [-0.15, -0.1) is 18.3 Å². The Kier molecular flexibility index (Phi) is 7.27. The highest BCUT2D eigenvalue weighted by Crippen LogP contribution is 2.64. The zero-order chi connectivity index (χ0) is 36.5. The second-order valence-corrected chi connectivity index (χ2v) is 16.0. The Balaban J connectivity index is 1.22. The van der Waals surface area contributed by atoms with Crippen LogP contribution in [0.4, 0.5) is 0 Å². The third-order valence-electron chi connectivity index (χ3n) is 12.0. The van der Waals surface area contributed by atoms with Gasteiger partial charge in [-0.2, -0.15) is 0 Å². The van der Waals surface area contributed by atoms with Crippen LogP contribution in [0.1, 0.15) is 68.9 Å². The third-order valence-corrected chi connectivity index (χ3v) is 13.5. The average Bonchev–Trinajstić information content (AvgIpc) is 3.69. The normalized spacial score (nSPS) is 29.2. The molecule has 276 valence electrons. The predicted octanol–water partition coefficient (Wildman–Crippen LogP) is 5.01. The number of aromatic amines is 1. The maximum absolute atomic E-state index is 14.7. The van der Waals surface area contributed by atoms with E-state index in [-0.39, 0.29) is 42.7 Å². The van der Waals surface area contributed by atoms with Gasteiger partial charge in [0.15, 0.2) is 28.5 Å². The predicted molar refractivity (Wildman–Crippen MR) is 194 cm³/mol. The van der Waals surface area contributed by atoms with E-state index in [2.05, 4.69) is 21.3 Å². The molecule has 9 heterocycles. The van der Waals surface area contributed by atoms with Crippen molar-refractivity contribution in [2.45, 2.75) is 68.6 Å². The highest BCUT2D eigenvalue weighted by molar-refractivity contribution is 7.99. The monoisotopic (exact) mass is 739 g/mol. The van der Waals surface area contributed by atoms with Crippen molar-refractivity contribution in [3.05, 3.63) is 74.2 Å². The van der Waals surface area contributed by atoms with Gasteiger partial charge in [-0.1, -0.05) is 12.1 Å². The number of phenolic OH excluding ortho intramolecular Hbond substituents is 2. The van der Waals surface area contributed by atoms with Crippen molar-refractivity contribution in [1.29, 1.82) is 0 Å². The van der Waals surface area contributed by atoms with E-state index in [9.17, 15) is 19.8 Å². The summed E-state index contributed by atoms with van der Waals surface area (Å²) >= 11 is 1.58. The van der Waals surface area contributed by atoms with Crippen molar-refractivity contribution >= 4 is 34.6 Å². The molecule has 3 unspecified atom stereocenters. The van der Waals surface area contributed by atoms with Crippen LogP contribution < -0.4 is 24.3 Å². The van der Waals surface area contributed by atoms with E-state index in [0.717, 1.165) is 44.3 Å². The number of aryl methyl sites for hydroxylation is 1. The lowest BCUT2D eigenvalue weighted by atomic mass is 9.79. The number of carbonyl (C=O) groups excluding carboxylic acids is 2. The minimum Gasteiger partial charge on any atom is -0.653 e. The summed E-state index contributed by atoms with van der Waals surface area (Å²) < 4.78 is 30.6. The molecule has 2 saturated heterocycles. The SMILES string of the molecule is COc1c(C)cc2c(c1O)[C@H]1[N-]CC(C2)N2C1[C@@H]1SC[C@]3(NCCc4c3[nH]c3ccc(O)cc43)C(=O)OC[C@H]2c2c3c(c(C)c(OC(C)=O)c21)OCO3. The molecule has 1 aromatic heterocycles. The van der Waals surface area contributed by atoms with Gasteiger partial charge in [-0.25, -0.2) is 4.79 Å². The van der Waals surface area contributed by atoms with Crippen LogP contribution in [-0.4, -0.2) is 83.5 Å². The van der Waals surface area contributed by atoms with E-state index in [4.69, 9.17) is 29.0 Å². The molecule has 14 heteroatoms. The second kappa shape index (κ2) is 11.7. The van der Waals surface area contributed by atoms with Crippen molar-refractivity contribution in [3.63, 3.8) is 0 Å². The van der Waals surface area contributed by atoms with Gasteiger partial charge < -0.3 is 44.2 Å². The Morgan fingerprint density at radius 1 is 1.09 bits per heavy atom. The average molecular weight is 740 g/mol. The van der Waals surface area contributed by atoms with Crippen LogP contribution in [0.25, 0.3) is 16.2 Å². The first kappa shape index (κ1) is 33.0. The maximum Gasteiger partial charge on any atom is 0.333 e. The van der Waals surface area contributed by atoms with Crippen LogP contribution in [0.15, 0.2) is 24.3 Å². The lowest BCUT2D eigenvalue weighted by Gasteiger charge is -2.60. The smallest absolute Gasteiger partial charge is 0.333 e. The fourth-order valence-corrected chi connectivity index (χ4v) is 11.7. The molecule has 0 aliphatic carbocycles. The number of hydrogen-bond donors (Lipinski definition) is 4. The number of nitrogens with one attached hydrogen (secondary N) is 2. The zero-order valence-electron chi connectivity index (χ0n) is 29.7. The van der Waals surface area contributed by atoms with E-state index in [1.807, 2.05) is 19.9 Å². The van der Waals surface area contributed by atoms with Crippen LogP contribution in [-0.2, 0) is 32.7 Å². The Hall–Kier alpha value is -4.63. The first-order valence-corrected chi connectivity index (χ1v) is 19.0. The van der Waals surface area contributed by atoms with Gasteiger partial charge in [-0.05, 0) is 73.2 Å². The quantitative estimate of drug-likeness (QED) is 0.161. The summed E-state index contributed by atoms with van der Waals surface area (Å²) in [6.45, 7) is 6.20. The van der Waals surface area contributed by atoms with Gasteiger partial charge in [-0.3, -0.25) is 15.0 Å². The minimum atomic E-state index is -1.26. The first-order chi connectivity index (χ1) is 25.6. The van der Waals surface area contributed by atoms with Gasteiger partial charge in [0.25, 0.3) is 0 Å². The van der Waals surface area contributed by atoms with Crippen LogP contribution in [0.5, 0.6) is 34.5 Å². The van der Waals surface area contributed by atoms with E-state index in [1.54, 1.807) is 31.0 Å². The van der Waals surface area contributed by atoms with Crippen LogP contribution >= 0.6 is 11.8 Å². The molecule has 4 N–H and O–H groups in total. The number of H-pyrrole nitrogens is 1. The molecule has 1 spiro atoms. The van der Waals surface area contributed by atoms with Crippen molar-refractivity contribution in [3.8, 4) is 34.5 Å². The molecule has 4 aromatic rings. The number of rotatable bonds is 2. The van der Waals surface area contributed by atoms with Gasteiger partial charge in [0.05, 0.1) is 18.8 Å². The number of hydrogen-bond acceptors (Lipinski definition) is 12. The number of aromatic hydroxyl groups is 2. The molecule has 8 aliphatic rings. The number of benzene rings is 3. The Bertz CT molecular complexity index is 2270. The molecule has 0 amide bonds. The molecule has 7 atom stereocenters. The van der Waals surface area contributed by atoms with Crippen molar-refractivity contribution < 1.29 is 43.5 Å². The molecule has 53 heavy (non-hydrogen) atoms. The van der Waals surface area contributed by atoms with E-state index >= 15 is 0 Å². The van der Waals surface area contributed by atoms with Gasteiger partial charge in [0, 0.05) is 58.1 Å². The molecule has 13 nitrogen and oxygen atoms in total. The molecule has 0 radical (unpaired) electrons. The molecular formula is C39H39N4O9S-. The Morgan fingerprint density at radius 3 is 2.74 bits per heavy atom. The maximum atomic E-state index is 14.7. The summed E-state index contributed by atoms with van der Waals surface area (Å²) in [6.07, 6.45) is 1.27. The zero-order valence-corrected chi connectivity index (χ0v) is 30.5. The number of aromatic nitrogens is 1. The number of piperazine rings is 1. The van der Waals surface area contributed by atoms with E-state index < -0.39 is 34.8 Å². The van der Waals surface area contributed by atoms with Gasteiger partial charge in [0.1, 0.15) is 18.1 Å². The van der Waals surface area contributed by atoms with E-state index in [1.165, 1.54) is 6.92 Å². The molecule has 0 saturated carbocycles. The summed E-state index contributed by atoms with van der Waals surface area (Å²) in [5.74, 6) is 1.52. The van der Waals surface area contributed by atoms with Gasteiger partial charge >= 0.3 is 11.9 Å². The van der Waals surface area contributed by atoms with Crippen LogP contribution in [0.2, 0.25) is 0 Å². The number of ether oxygens (including phenoxy) is 5. The van der Waals surface area contributed by atoms with Crippen LogP contribution in [0, 0.1) is 13.8 Å². The van der Waals surface area contributed by atoms with E-state index in [0.29, 0.717) is 60.2 Å². The number of thioether (sulfide) groups is 1. The van der Waals surface area contributed by atoms with Gasteiger partial charge in [0.2, 0.25) is 6.79 Å². The first-order valence-electron chi connectivity index (χ1n) is 18.0. The summed E-state index contributed by atoms with van der Waals surface area (Å²) in [5, 5.41) is 31.6. The molecule has 8 aliphatic heterocycles. The topological polar surface area (TPSA) is 166 Å². The molecular weight excluding hydrogens is 701 g/mol. The summed E-state index contributed by atoms with van der Waals surface area (Å²) in [7, 11) is 1.56. The minimum absolute atomic E-state index is 0.00536. The Morgan fingerprint density at radius 2 is 1.92 bits per heavy atom. The van der Waals surface area contributed by atoms with Crippen molar-refractivity contribution in [2.75, 3.05) is 39.4 Å². The fraction of sp³-hybridized carbons (Fsp3) is 0.436. The summed E-state index contributed by atoms with van der Waals surface area (Å²) in [5.41, 5.74) is 6.03.